The fraction of sp³-hybridized carbons (Fsp3) is 0.467. The number of carbonyl (C=O) groups excluding carboxylic acids is 2. The van der Waals surface area contributed by atoms with Gasteiger partial charge in [-0.05, 0) is 31.4 Å². The number of nitrogens with zero attached hydrogens (tertiary/aromatic N) is 1. The molecule has 0 aliphatic carbocycles. The molecule has 0 radical (unpaired) electrons. The van der Waals surface area contributed by atoms with Crippen LogP contribution in [0.4, 0.5) is 5.69 Å². The number of para-hydroxylation sites is 1. The molecule has 98 valence electrons. The minimum absolute atomic E-state index is 0.0412. The number of fused-ring (bicyclic) bond motifs is 5. The predicted octanol–water partition coefficient (Wildman–Crippen LogP) is 1.66. The van der Waals surface area contributed by atoms with Crippen molar-refractivity contribution in [1.29, 1.82) is 0 Å². The first-order valence-electron chi connectivity index (χ1n) is 6.77. The van der Waals surface area contributed by atoms with Gasteiger partial charge >= 0.3 is 0 Å². The van der Waals surface area contributed by atoms with Crippen LogP contribution in [0, 0.1) is 18.8 Å². The molecule has 3 heterocycles. The number of anilines is 1. The van der Waals surface area contributed by atoms with Crippen LogP contribution < -0.4 is 4.90 Å². The maximum absolute atomic E-state index is 12.6. The highest BCUT2D eigenvalue weighted by atomic mass is 16.5. The van der Waals surface area contributed by atoms with Crippen molar-refractivity contribution in [2.75, 3.05) is 4.90 Å². The highest BCUT2D eigenvalue weighted by molar-refractivity contribution is 6.23. The third-order valence-corrected chi connectivity index (χ3v) is 4.64. The van der Waals surface area contributed by atoms with E-state index in [9.17, 15) is 9.59 Å². The van der Waals surface area contributed by atoms with E-state index in [0.717, 1.165) is 24.1 Å². The number of ether oxygens (including phenoxy) is 1. The van der Waals surface area contributed by atoms with E-state index in [-0.39, 0.29) is 35.9 Å². The summed E-state index contributed by atoms with van der Waals surface area (Å²) in [5.74, 6) is -0.635. The summed E-state index contributed by atoms with van der Waals surface area (Å²) in [6.45, 7) is 1.93. The molecule has 0 N–H and O–H groups in total. The van der Waals surface area contributed by atoms with E-state index in [0.29, 0.717) is 0 Å². The number of hydrogen-bond acceptors (Lipinski definition) is 3. The molecule has 3 aliphatic rings. The average Bonchev–Trinajstić information content (AvgIpc) is 3.06. The summed E-state index contributed by atoms with van der Waals surface area (Å²) >= 11 is 0. The minimum atomic E-state index is -0.245. The highest BCUT2D eigenvalue weighted by Gasteiger charge is 2.62. The van der Waals surface area contributed by atoms with Gasteiger partial charge in [0.05, 0.1) is 29.7 Å². The Labute approximate surface area is 111 Å². The van der Waals surface area contributed by atoms with Gasteiger partial charge in [0.15, 0.2) is 0 Å². The lowest BCUT2D eigenvalue weighted by Crippen LogP contribution is -2.34. The SMILES string of the molecule is Cc1ccccc1N1C(=O)[C@@H]2[C@@H](C1=O)[C@@H]1CC[C@@H]2O1. The second kappa shape index (κ2) is 3.67. The van der Waals surface area contributed by atoms with Gasteiger partial charge in [-0.2, -0.15) is 0 Å². The Morgan fingerprint density at radius 1 is 1.05 bits per heavy atom. The molecule has 3 saturated heterocycles. The van der Waals surface area contributed by atoms with Gasteiger partial charge in [0, 0.05) is 0 Å². The first-order chi connectivity index (χ1) is 9.18. The Balaban J connectivity index is 1.78. The molecule has 0 saturated carbocycles. The van der Waals surface area contributed by atoms with Crippen LogP contribution in [0.5, 0.6) is 0 Å². The van der Waals surface area contributed by atoms with Gasteiger partial charge in [-0.3, -0.25) is 9.59 Å². The van der Waals surface area contributed by atoms with E-state index in [2.05, 4.69) is 0 Å². The van der Waals surface area contributed by atoms with Crippen LogP contribution in [-0.2, 0) is 14.3 Å². The molecule has 0 aromatic heterocycles. The number of rotatable bonds is 1. The van der Waals surface area contributed by atoms with Crippen LogP contribution in [-0.4, -0.2) is 24.0 Å². The predicted molar refractivity (Wildman–Crippen MR) is 68.5 cm³/mol. The summed E-state index contributed by atoms with van der Waals surface area (Å²) < 4.78 is 5.73. The van der Waals surface area contributed by atoms with Crippen molar-refractivity contribution in [2.45, 2.75) is 32.0 Å². The summed E-state index contributed by atoms with van der Waals surface area (Å²) in [5.41, 5.74) is 1.68. The molecule has 3 aliphatic heterocycles. The Morgan fingerprint density at radius 2 is 1.63 bits per heavy atom. The molecule has 19 heavy (non-hydrogen) atoms. The van der Waals surface area contributed by atoms with Crippen molar-refractivity contribution in [2.24, 2.45) is 11.8 Å². The van der Waals surface area contributed by atoms with Crippen LogP contribution in [0.2, 0.25) is 0 Å². The van der Waals surface area contributed by atoms with E-state index in [1.165, 1.54) is 4.90 Å². The van der Waals surface area contributed by atoms with Crippen molar-refractivity contribution >= 4 is 17.5 Å². The summed E-state index contributed by atoms with van der Waals surface area (Å²) in [7, 11) is 0. The fourth-order valence-electron chi connectivity index (χ4n) is 3.76. The lowest BCUT2D eigenvalue weighted by atomic mass is 9.81. The van der Waals surface area contributed by atoms with Crippen LogP contribution >= 0.6 is 0 Å². The molecule has 4 atom stereocenters. The third-order valence-electron chi connectivity index (χ3n) is 4.64. The molecule has 2 amide bonds. The number of amides is 2. The molecular formula is C15H15NO3. The number of benzene rings is 1. The van der Waals surface area contributed by atoms with Crippen molar-refractivity contribution in [1.82, 2.24) is 0 Å². The van der Waals surface area contributed by atoms with Crippen molar-refractivity contribution in [3.8, 4) is 0 Å². The van der Waals surface area contributed by atoms with E-state index in [1.54, 1.807) is 0 Å². The molecule has 3 fully saturated rings. The van der Waals surface area contributed by atoms with Crippen LogP contribution in [0.15, 0.2) is 24.3 Å². The summed E-state index contributed by atoms with van der Waals surface area (Å²) in [6.07, 6.45) is 1.74. The number of aryl methyl sites for hydroxylation is 1. The smallest absolute Gasteiger partial charge is 0.240 e. The zero-order valence-electron chi connectivity index (χ0n) is 10.7. The van der Waals surface area contributed by atoms with Gasteiger partial charge in [0.2, 0.25) is 11.8 Å². The van der Waals surface area contributed by atoms with Gasteiger partial charge in [-0.15, -0.1) is 0 Å². The zero-order valence-corrected chi connectivity index (χ0v) is 10.7. The van der Waals surface area contributed by atoms with Gasteiger partial charge in [0.1, 0.15) is 0 Å². The van der Waals surface area contributed by atoms with E-state index < -0.39 is 0 Å². The van der Waals surface area contributed by atoms with Crippen LogP contribution in [0.3, 0.4) is 0 Å². The lowest BCUT2D eigenvalue weighted by Gasteiger charge is -2.19. The normalized spacial score (nSPS) is 36.2. The third kappa shape index (κ3) is 1.32. The molecule has 0 spiro atoms. The minimum Gasteiger partial charge on any atom is -0.373 e. The molecule has 1 aromatic carbocycles. The molecule has 4 rings (SSSR count). The summed E-state index contributed by atoms with van der Waals surface area (Å²) in [4.78, 5) is 26.5. The molecule has 1 aromatic rings. The van der Waals surface area contributed by atoms with Gasteiger partial charge in [0.25, 0.3) is 0 Å². The Kier molecular flexibility index (Phi) is 2.16. The zero-order chi connectivity index (χ0) is 13.1. The largest absolute Gasteiger partial charge is 0.373 e. The molecule has 2 bridgehead atoms. The van der Waals surface area contributed by atoms with Crippen molar-refractivity contribution in [3.63, 3.8) is 0 Å². The van der Waals surface area contributed by atoms with Crippen molar-refractivity contribution in [3.05, 3.63) is 29.8 Å². The second-order valence-electron chi connectivity index (χ2n) is 5.64. The van der Waals surface area contributed by atoms with Gasteiger partial charge < -0.3 is 4.74 Å². The average molecular weight is 257 g/mol. The Hall–Kier alpha value is -1.68. The maximum atomic E-state index is 12.6. The standard InChI is InChI=1S/C15H15NO3/c1-8-4-2-3-5-9(8)16-14(17)12-10-6-7-11(19-10)13(12)15(16)18/h2-5,10-13H,6-7H2,1H3/t10-,11-,12-,13-/m0/s1. The summed E-state index contributed by atoms with van der Waals surface area (Å²) in [6, 6.07) is 7.55. The second-order valence-corrected chi connectivity index (χ2v) is 5.64. The van der Waals surface area contributed by atoms with E-state index >= 15 is 0 Å². The molecule has 0 unspecified atom stereocenters. The topological polar surface area (TPSA) is 46.6 Å². The van der Waals surface area contributed by atoms with Crippen LogP contribution in [0.25, 0.3) is 0 Å². The number of carbonyl (C=O) groups is 2. The maximum Gasteiger partial charge on any atom is 0.240 e. The van der Waals surface area contributed by atoms with Crippen LogP contribution in [0.1, 0.15) is 18.4 Å². The van der Waals surface area contributed by atoms with E-state index in [1.807, 2.05) is 31.2 Å². The summed E-state index contributed by atoms with van der Waals surface area (Å²) in [5, 5.41) is 0. The molecule has 4 nitrogen and oxygen atoms in total. The monoisotopic (exact) mass is 257 g/mol. The Bertz CT molecular complexity index is 555. The fourth-order valence-corrected chi connectivity index (χ4v) is 3.76. The Morgan fingerprint density at radius 3 is 2.21 bits per heavy atom. The first kappa shape index (κ1) is 11.2. The van der Waals surface area contributed by atoms with E-state index in [4.69, 9.17) is 4.74 Å². The van der Waals surface area contributed by atoms with Crippen molar-refractivity contribution < 1.29 is 14.3 Å². The number of imide groups is 1. The quantitative estimate of drug-likeness (QED) is 0.719. The lowest BCUT2D eigenvalue weighted by molar-refractivity contribution is -0.124. The molecular weight excluding hydrogens is 242 g/mol. The molecule has 4 heteroatoms. The highest BCUT2D eigenvalue weighted by Crippen LogP contribution is 2.49. The van der Waals surface area contributed by atoms with Gasteiger partial charge in [-0.25, -0.2) is 4.90 Å². The first-order valence-corrected chi connectivity index (χ1v) is 6.77. The van der Waals surface area contributed by atoms with Gasteiger partial charge in [-0.1, -0.05) is 18.2 Å². The number of hydrogen-bond donors (Lipinski definition) is 0.